The zero-order chi connectivity index (χ0) is 13.2. The number of halogens is 1. The van der Waals surface area contributed by atoms with Gasteiger partial charge in [-0.05, 0) is 26.2 Å². The number of carbonyl (C=O) groups excluding carboxylic acids is 2. The van der Waals surface area contributed by atoms with Crippen molar-refractivity contribution in [3.63, 3.8) is 0 Å². The van der Waals surface area contributed by atoms with Gasteiger partial charge in [0.2, 0.25) is 11.8 Å². The third-order valence-electron chi connectivity index (χ3n) is 4.18. The molecule has 0 bridgehead atoms. The van der Waals surface area contributed by atoms with Gasteiger partial charge < -0.3 is 16.4 Å². The van der Waals surface area contributed by atoms with Crippen molar-refractivity contribution < 1.29 is 9.59 Å². The maximum absolute atomic E-state index is 12.3. The third kappa shape index (κ3) is 4.08. The Kier molecular flexibility index (Phi) is 5.62. The van der Waals surface area contributed by atoms with E-state index in [1.807, 2.05) is 6.92 Å². The summed E-state index contributed by atoms with van der Waals surface area (Å²) < 4.78 is 0. The van der Waals surface area contributed by atoms with Gasteiger partial charge in [-0.25, -0.2) is 0 Å². The maximum atomic E-state index is 12.3. The molecule has 3 unspecified atom stereocenters. The monoisotopic (exact) mass is 289 g/mol. The Labute approximate surface area is 120 Å². The zero-order valence-corrected chi connectivity index (χ0v) is 12.2. The topological polar surface area (TPSA) is 84.2 Å². The molecule has 19 heavy (non-hydrogen) atoms. The number of hydrogen-bond donors (Lipinski definition) is 3. The van der Waals surface area contributed by atoms with Crippen LogP contribution < -0.4 is 16.4 Å². The maximum Gasteiger partial charge on any atom is 0.225 e. The fraction of sp³-hybridized carbons (Fsp3) is 0.846. The first-order chi connectivity index (χ1) is 8.49. The van der Waals surface area contributed by atoms with Crippen molar-refractivity contribution in [3.05, 3.63) is 0 Å². The van der Waals surface area contributed by atoms with Gasteiger partial charge in [-0.15, -0.1) is 12.4 Å². The van der Waals surface area contributed by atoms with Gasteiger partial charge in [0, 0.05) is 24.5 Å². The molecular weight excluding hydrogens is 266 g/mol. The van der Waals surface area contributed by atoms with E-state index in [9.17, 15) is 9.59 Å². The molecule has 2 fully saturated rings. The van der Waals surface area contributed by atoms with Crippen LogP contribution in [0.1, 0.15) is 45.4 Å². The SMILES string of the molecule is CC1(N)CCCCC1C(=O)NC1CCC(=O)NC1.Cl. The highest BCUT2D eigenvalue weighted by Gasteiger charge is 2.38. The van der Waals surface area contributed by atoms with Crippen molar-refractivity contribution in [2.75, 3.05) is 6.54 Å². The van der Waals surface area contributed by atoms with Crippen LogP contribution in [-0.2, 0) is 9.59 Å². The van der Waals surface area contributed by atoms with Gasteiger partial charge in [0.1, 0.15) is 0 Å². The molecule has 1 aliphatic carbocycles. The van der Waals surface area contributed by atoms with Crippen LogP contribution >= 0.6 is 12.4 Å². The summed E-state index contributed by atoms with van der Waals surface area (Å²) in [5.74, 6) is 0.0338. The second-order valence-corrected chi connectivity index (χ2v) is 5.85. The van der Waals surface area contributed by atoms with E-state index in [0.29, 0.717) is 13.0 Å². The lowest BCUT2D eigenvalue weighted by molar-refractivity contribution is -0.130. The first kappa shape index (κ1) is 16.2. The summed E-state index contributed by atoms with van der Waals surface area (Å²) in [6.07, 6.45) is 5.19. The lowest BCUT2D eigenvalue weighted by Gasteiger charge is -2.38. The first-order valence-corrected chi connectivity index (χ1v) is 6.85. The van der Waals surface area contributed by atoms with Gasteiger partial charge in [0.25, 0.3) is 0 Å². The second kappa shape index (κ2) is 6.57. The zero-order valence-electron chi connectivity index (χ0n) is 11.4. The lowest BCUT2D eigenvalue weighted by Crippen LogP contribution is -2.56. The Morgan fingerprint density at radius 3 is 2.74 bits per heavy atom. The minimum absolute atomic E-state index is 0. The molecule has 4 N–H and O–H groups in total. The fourth-order valence-corrected chi connectivity index (χ4v) is 2.95. The van der Waals surface area contributed by atoms with Gasteiger partial charge in [-0.1, -0.05) is 12.8 Å². The summed E-state index contributed by atoms with van der Waals surface area (Å²) in [5.41, 5.74) is 5.83. The third-order valence-corrected chi connectivity index (χ3v) is 4.18. The van der Waals surface area contributed by atoms with Crippen LogP contribution in [0.4, 0.5) is 0 Å². The van der Waals surface area contributed by atoms with E-state index >= 15 is 0 Å². The molecule has 0 radical (unpaired) electrons. The predicted octanol–water partition coefficient (Wildman–Crippen LogP) is 0.711. The standard InChI is InChI=1S/C13H23N3O2.ClH/c1-13(14)7-3-2-4-10(13)12(18)16-9-5-6-11(17)15-8-9;/h9-10H,2-8,14H2,1H3,(H,15,17)(H,16,18);1H. The van der Waals surface area contributed by atoms with E-state index in [1.165, 1.54) is 0 Å². The highest BCUT2D eigenvalue weighted by Crippen LogP contribution is 2.31. The summed E-state index contributed by atoms with van der Waals surface area (Å²) in [5, 5.41) is 5.81. The Morgan fingerprint density at radius 2 is 2.16 bits per heavy atom. The minimum Gasteiger partial charge on any atom is -0.354 e. The Morgan fingerprint density at radius 1 is 1.42 bits per heavy atom. The number of carbonyl (C=O) groups is 2. The van der Waals surface area contributed by atoms with E-state index < -0.39 is 0 Å². The van der Waals surface area contributed by atoms with Crippen LogP contribution in [0, 0.1) is 5.92 Å². The number of piperidine rings is 1. The summed E-state index contributed by atoms with van der Waals surface area (Å²) >= 11 is 0. The number of rotatable bonds is 2. The van der Waals surface area contributed by atoms with Crippen molar-refractivity contribution in [2.45, 2.75) is 57.0 Å². The van der Waals surface area contributed by atoms with Gasteiger partial charge >= 0.3 is 0 Å². The van der Waals surface area contributed by atoms with E-state index in [1.54, 1.807) is 0 Å². The van der Waals surface area contributed by atoms with Gasteiger partial charge in [0.05, 0.1) is 5.92 Å². The molecule has 1 heterocycles. The molecule has 0 aromatic carbocycles. The Hall–Kier alpha value is -0.810. The van der Waals surface area contributed by atoms with Crippen molar-refractivity contribution in [2.24, 2.45) is 11.7 Å². The van der Waals surface area contributed by atoms with E-state index in [0.717, 1.165) is 32.1 Å². The first-order valence-electron chi connectivity index (χ1n) is 6.85. The Balaban J connectivity index is 0.00000180. The molecule has 2 rings (SSSR count). The average molecular weight is 290 g/mol. The van der Waals surface area contributed by atoms with Crippen LogP contribution in [0.2, 0.25) is 0 Å². The molecule has 2 amide bonds. The molecule has 5 nitrogen and oxygen atoms in total. The van der Waals surface area contributed by atoms with E-state index in [4.69, 9.17) is 5.73 Å². The minimum atomic E-state index is -0.389. The molecule has 0 aromatic rings. The number of amides is 2. The van der Waals surface area contributed by atoms with Gasteiger partial charge in [0.15, 0.2) is 0 Å². The summed E-state index contributed by atoms with van der Waals surface area (Å²) in [4.78, 5) is 23.3. The predicted molar refractivity (Wildman–Crippen MR) is 76.0 cm³/mol. The molecule has 0 spiro atoms. The molecule has 6 heteroatoms. The summed E-state index contributed by atoms with van der Waals surface area (Å²) in [6.45, 7) is 2.51. The van der Waals surface area contributed by atoms with E-state index in [2.05, 4.69) is 10.6 Å². The lowest BCUT2D eigenvalue weighted by atomic mass is 9.74. The molecule has 1 aliphatic heterocycles. The quantitative estimate of drug-likeness (QED) is 0.700. The van der Waals surface area contributed by atoms with Crippen LogP contribution in [0.3, 0.4) is 0 Å². The number of nitrogens with two attached hydrogens (primary N) is 1. The van der Waals surface area contributed by atoms with E-state index in [-0.39, 0.29) is 41.7 Å². The van der Waals surface area contributed by atoms with Crippen LogP contribution in [0.5, 0.6) is 0 Å². The highest BCUT2D eigenvalue weighted by atomic mass is 35.5. The van der Waals surface area contributed by atoms with Gasteiger partial charge in [-0.3, -0.25) is 9.59 Å². The fourth-order valence-electron chi connectivity index (χ4n) is 2.95. The van der Waals surface area contributed by atoms with Crippen molar-refractivity contribution in [3.8, 4) is 0 Å². The van der Waals surface area contributed by atoms with Crippen molar-refractivity contribution in [1.29, 1.82) is 0 Å². The van der Waals surface area contributed by atoms with Crippen LogP contribution in [0.25, 0.3) is 0 Å². The largest absolute Gasteiger partial charge is 0.354 e. The highest BCUT2D eigenvalue weighted by molar-refractivity contribution is 5.85. The van der Waals surface area contributed by atoms with Gasteiger partial charge in [-0.2, -0.15) is 0 Å². The van der Waals surface area contributed by atoms with Crippen LogP contribution in [-0.4, -0.2) is 29.9 Å². The van der Waals surface area contributed by atoms with Crippen molar-refractivity contribution in [1.82, 2.24) is 10.6 Å². The molecule has 110 valence electrons. The second-order valence-electron chi connectivity index (χ2n) is 5.85. The summed E-state index contributed by atoms with van der Waals surface area (Å²) in [6, 6.07) is 0.0629. The Bertz CT molecular complexity index is 337. The van der Waals surface area contributed by atoms with Crippen molar-refractivity contribution >= 4 is 24.2 Å². The number of hydrogen-bond acceptors (Lipinski definition) is 3. The normalized spacial score (nSPS) is 34.9. The summed E-state index contributed by atoms with van der Waals surface area (Å²) in [7, 11) is 0. The molecule has 1 saturated carbocycles. The van der Waals surface area contributed by atoms with Crippen LogP contribution in [0.15, 0.2) is 0 Å². The smallest absolute Gasteiger partial charge is 0.225 e. The molecule has 1 saturated heterocycles. The molecule has 0 aromatic heterocycles. The molecule has 2 aliphatic rings. The molecular formula is C13H24ClN3O2. The molecule has 3 atom stereocenters. The number of nitrogens with one attached hydrogen (secondary N) is 2. The average Bonchev–Trinajstić information content (AvgIpc) is 2.31.